The number of benzene rings is 1. The third-order valence-electron chi connectivity index (χ3n) is 2.67. The Morgan fingerprint density at radius 3 is 2.13 bits per heavy atom. The summed E-state index contributed by atoms with van der Waals surface area (Å²) < 4.78 is 44.6. The first-order valence-corrected chi connectivity index (χ1v) is 6.91. The molecule has 0 amide bonds. The predicted octanol–water partition coefficient (Wildman–Crippen LogP) is 1.64. The zero-order chi connectivity index (χ0) is 16.9. The summed E-state index contributed by atoms with van der Waals surface area (Å²) in [5.74, 6) is -0.909. The van der Waals surface area contributed by atoms with Crippen molar-refractivity contribution >= 4 is 6.29 Å². The highest BCUT2D eigenvalue weighted by Gasteiger charge is 2.16. The van der Waals surface area contributed by atoms with E-state index in [1.165, 1.54) is 19.2 Å². The van der Waals surface area contributed by atoms with Crippen molar-refractivity contribution in [3.8, 4) is 11.5 Å². The van der Waals surface area contributed by atoms with Crippen molar-refractivity contribution in [3.05, 3.63) is 23.5 Å². The Kier molecular flexibility index (Phi) is 9.89. The molecule has 1 aromatic rings. The molecule has 1 aromatic carbocycles. The molecule has 0 saturated heterocycles. The van der Waals surface area contributed by atoms with Crippen molar-refractivity contribution < 1.29 is 37.6 Å². The molecule has 0 aliphatic carbocycles. The lowest BCUT2D eigenvalue weighted by atomic mass is 10.2. The van der Waals surface area contributed by atoms with Crippen LogP contribution >= 0.6 is 0 Å². The first kappa shape index (κ1) is 19.3. The topological polar surface area (TPSA) is 72.5 Å². The third-order valence-corrected chi connectivity index (χ3v) is 2.67. The molecule has 0 saturated carbocycles. The fourth-order valence-electron chi connectivity index (χ4n) is 1.50. The fraction of sp³-hybridized carbons (Fsp3) is 0.533. The van der Waals surface area contributed by atoms with E-state index in [4.69, 9.17) is 28.4 Å². The Balaban J connectivity index is 2.63. The highest BCUT2D eigenvalue weighted by Crippen LogP contribution is 2.32. The van der Waals surface area contributed by atoms with E-state index in [-0.39, 0.29) is 30.6 Å². The van der Waals surface area contributed by atoms with Crippen molar-refractivity contribution in [2.24, 2.45) is 0 Å². The summed E-state index contributed by atoms with van der Waals surface area (Å²) in [6.07, 6.45) is 0.396. The molecule has 0 aliphatic heterocycles. The first-order chi connectivity index (χ1) is 11.2. The van der Waals surface area contributed by atoms with Crippen LogP contribution in [0, 0.1) is 5.82 Å². The highest BCUT2D eigenvalue weighted by atomic mass is 19.1. The Bertz CT molecular complexity index is 467. The van der Waals surface area contributed by atoms with E-state index in [1.54, 1.807) is 7.11 Å². The number of methoxy groups -OCH3 is 2. The van der Waals surface area contributed by atoms with E-state index in [2.05, 4.69) is 0 Å². The molecule has 7 nitrogen and oxygen atoms in total. The van der Waals surface area contributed by atoms with Crippen LogP contribution in [0.2, 0.25) is 0 Å². The number of hydrogen-bond acceptors (Lipinski definition) is 7. The molecule has 130 valence electrons. The van der Waals surface area contributed by atoms with Gasteiger partial charge in [-0.3, -0.25) is 4.79 Å². The molecule has 0 N–H and O–H groups in total. The lowest BCUT2D eigenvalue weighted by Crippen LogP contribution is -2.12. The number of hydrogen-bond donors (Lipinski definition) is 0. The number of aldehydes is 1. The summed E-state index contributed by atoms with van der Waals surface area (Å²) in [6.45, 7) is 1.12. The van der Waals surface area contributed by atoms with Crippen LogP contribution in [-0.4, -0.2) is 60.5 Å². The van der Waals surface area contributed by atoms with Gasteiger partial charge in [-0.1, -0.05) is 0 Å². The second kappa shape index (κ2) is 11.8. The Morgan fingerprint density at radius 1 is 0.957 bits per heavy atom. The van der Waals surface area contributed by atoms with Crippen LogP contribution in [-0.2, 0) is 18.9 Å². The van der Waals surface area contributed by atoms with Crippen molar-refractivity contribution in [2.45, 2.75) is 0 Å². The zero-order valence-electron chi connectivity index (χ0n) is 13.2. The Labute approximate surface area is 134 Å². The largest absolute Gasteiger partial charge is 0.464 e. The van der Waals surface area contributed by atoms with Gasteiger partial charge in [0.2, 0.25) is 5.75 Å². The molecule has 0 atom stereocenters. The summed E-state index contributed by atoms with van der Waals surface area (Å²) in [7, 11) is 3.08. The molecule has 1 rings (SSSR count). The SMILES string of the molecule is COCCOCOc1ccc(C=O)c(F)c1OCOCCOC. The maximum absolute atomic E-state index is 14.2. The Morgan fingerprint density at radius 2 is 1.57 bits per heavy atom. The number of ether oxygens (including phenoxy) is 6. The minimum atomic E-state index is -0.815. The maximum Gasteiger partial charge on any atom is 0.200 e. The summed E-state index contributed by atoms with van der Waals surface area (Å²) in [4.78, 5) is 10.8. The van der Waals surface area contributed by atoms with Gasteiger partial charge in [-0.05, 0) is 12.1 Å². The average molecular weight is 332 g/mol. The molecular weight excluding hydrogens is 311 g/mol. The normalized spacial score (nSPS) is 10.6. The van der Waals surface area contributed by atoms with Crippen LogP contribution in [0.5, 0.6) is 11.5 Å². The van der Waals surface area contributed by atoms with E-state index < -0.39 is 5.82 Å². The lowest BCUT2D eigenvalue weighted by Gasteiger charge is -2.14. The molecule has 0 fully saturated rings. The minimum absolute atomic E-state index is 0.107. The van der Waals surface area contributed by atoms with Gasteiger partial charge in [-0.2, -0.15) is 0 Å². The van der Waals surface area contributed by atoms with Crippen LogP contribution in [0.25, 0.3) is 0 Å². The van der Waals surface area contributed by atoms with Crippen molar-refractivity contribution in [1.29, 1.82) is 0 Å². The van der Waals surface area contributed by atoms with Crippen molar-refractivity contribution in [2.75, 3.05) is 54.2 Å². The van der Waals surface area contributed by atoms with Gasteiger partial charge in [0.15, 0.2) is 31.4 Å². The molecule has 0 bridgehead atoms. The fourth-order valence-corrected chi connectivity index (χ4v) is 1.50. The summed E-state index contributed by atoms with van der Waals surface area (Å²) in [5, 5.41) is 0. The van der Waals surface area contributed by atoms with Crippen molar-refractivity contribution in [1.82, 2.24) is 0 Å². The quantitative estimate of drug-likeness (QED) is 0.309. The molecule has 23 heavy (non-hydrogen) atoms. The number of carbonyl (C=O) groups excluding carboxylic acids is 1. The van der Waals surface area contributed by atoms with E-state index in [0.29, 0.717) is 32.7 Å². The second-order valence-electron chi connectivity index (χ2n) is 4.24. The molecule has 0 radical (unpaired) electrons. The third kappa shape index (κ3) is 6.91. The average Bonchev–Trinajstić information content (AvgIpc) is 2.56. The second-order valence-corrected chi connectivity index (χ2v) is 4.24. The molecule has 0 heterocycles. The van der Waals surface area contributed by atoms with E-state index >= 15 is 0 Å². The summed E-state index contributed by atoms with van der Waals surface area (Å²) >= 11 is 0. The summed E-state index contributed by atoms with van der Waals surface area (Å²) in [6, 6.07) is 2.72. The smallest absolute Gasteiger partial charge is 0.200 e. The van der Waals surface area contributed by atoms with Crippen LogP contribution < -0.4 is 9.47 Å². The van der Waals surface area contributed by atoms with Crippen molar-refractivity contribution in [3.63, 3.8) is 0 Å². The molecule has 0 aromatic heterocycles. The molecule has 0 aliphatic rings. The van der Waals surface area contributed by atoms with Crippen LogP contribution in [0.4, 0.5) is 4.39 Å². The van der Waals surface area contributed by atoms with Gasteiger partial charge in [0, 0.05) is 14.2 Å². The standard InChI is InChI=1S/C15H21FO7/c1-18-5-7-20-10-22-13-4-3-12(9-17)14(16)15(13)23-11-21-8-6-19-2/h3-4,9H,5-8,10-11H2,1-2H3. The molecule has 0 unspecified atom stereocenters. The van der Waals surface area contributed by atoms with Gasteiger partial charge in [0.1, 0.15) is 0 Å². The Hall–Kier alpha value is -1.74. The first-order valence-electron chi connectivity index (χ1n) is 6.91. The van der Waals surface area contributed by atoms with Gasteiger partial charge in [-0.25, -0.2) is 4.39 Å². The molecule has 0 spiro atoms. The van der Waals surface area contributed by atoms with Gasteiger partial charge < -0.3 is 28.4 Å². The molecule has 8 heteroatoms. The number of halogens is 1. The maximum atomic E-state index is 14.2. The van der Waals surface area contributed by atoms with E-state index in [0.717, 1.165) is 0 Å². The highest BCUT2D eigenvalue weighted by molar-refractivity contribution is 5.77. The summed E-state index contributed by atoms with van der Waals surface area (Å²) in [5.41, 5.74) is -0.135. The zero-order valence-corrected chi connectivity index (χ0v) is 13.2. The minimum Gasteiger partial charge on any atom is -0.464 e. The predicted molar refractivity (Wildman–Crippen MR) is 78.4 cm³/mol. The number of rotatable bonds is 13. The van der Waals surface area contributed by atoms with Gasteiger partial charge in [-0.15, -0.1) is 0 Å². The van der Waals surface area contributed by atoms with Crippen LogP contribution in [0.15, 0.2) is 12.1 Å². The van der Waals surface area contributed by atoms with Gasteiger partial charge >= 0.3 is 0 Å². The molecular formula is C15H21FO7. The lowest BCUT2D eigenvalue weighted by molar-refractivity contribution is -0.0220. The van der Waals surface area contributed by atoms with E-state index in [9.17, 15) is 9.18 Å². The van der Waals surface area contributed by atoms with Crippen LogP contribution in [0.1, 0.15) is 10.4 Å². The van der Waals surface area contributed by atoms with Gasteiger partial charge in [0.05, 0.1) is 32.0 Å². The number of carbonyl (C=O) groups is 1. The van der Waals surface area contributed by atoms with Crippen LogP contribution in [0.3, 0.4) is 0 Å². The van der Waals surface area contributed by atoms with Gasteiger partial charge in [0.25, 0.3) is 0 Å². The monoisotopic (exact) mass is 332 g/mol. The van der Waals surface area contributed by atoms with E-state index in [1.807, 2.05) is 0 Å².